The molecule has 0 atom stereocenters. The van der Waals surface area contributed by atoms with Crippen LogP contribution >= 0.6 is 11.6 Å². The molecule has 0 aliphatic heterocycles. The summed E-state index contributed by atoms with van der Waals surface area (Å²) in [6, 6.07) is 12.5. The van der Waals surface area contributed by atoms with E-state index < -0.39 is 9.84 Å². The van der Waals surface area contributed by atoms with E-state index in [0.29, 0.717) is 28.7 Å². The number of rotatable bonds is 8. The van der Waals surface area contributed by atoms with Crippen molar-refractivity contribution in [2.45, 2.75) is 24.7 Å². The number of ether oxygens (including phenoxy) is 2. The first-order valence-corrected chi connectivity index (χ1v) is 10.2. The Morgan fingerprint density at radius 1 is 1.19 bits per heavy atom. The summed E-state index contributed by atoms with van der Waals surface area (Å²) in [5.74, 6) is 1.04. The average molecular weight is 406 g/mol. The van der Waals surface area contributed by atoms with E-state index in [1.165, 1.54) is 37.5 Å². The average Bonchev–Trinajstić information content (AvgIpc) is 2.67. The number of allylic oxidation sites excluding steroid dienone is 1. The highest BCUT2D eigenvalue weighted by atomic mass is 35.5. The maximum absolute atomic E-state index is 12.7. The van der Waals surface area contributed by atoms with Gasteiger partial charge in [0.1, 0.15) is 11.0 Å². The van der Waals surface area contributed by atoms with Crippen LogP contribution in [0, 0.1) is 11.3 Å². The van der Waals surface area contributed by atoms with Crippen LogP contribution in [0.1, 0.15) is 25.3 Å². The lowest BCUT2D eigenvalue weighted by molar-refractivity contribution is 0.288. The molecule has 5 nitrogen and oxygen atoms in total. The van der Waals surface area contributed by atoms with Gasteiger partial charge in [0, 0.05) is 5.02 Å². The molecule has 0 N–H and O–H groups in total. The van der Waals surface area contributed by atoms with Gasteiger partial charge < -0.3 is 9.47 Å². The van der Waals surface area contributed by atoms with E-state index in [9.17, 15) is 13.7 Å². The van der Waals surface area contributed by atoms with Crippen molar-refractivity contribution in [3.05, 3.63) is 58.0 Å². The zero-order chi connectivity index (χ0) is 19.9. The molecule has 0 heterocycles. The van der Waals surface area contributed by atoms with Crippen LogP contribution in [0.2, 0.25) is 5.02 Å². The number of hydrogen-bond acceptors (Lipinski definition) is 5. The molecule has 0 radical (unpaired) electrons. The van der Waals surface area contributed by atoms with Crippen LogP contribution < -0.4 is 9.47 Å². The van der Waals surface area contributed by atoms with Gasteiger partial charge in [0.25, 0.3) is 0 Å². The van der Waals surface area contributed by atoms with Crippen LogP contribution in [-0.2, 0) is 9.84 Å². The lowest BCUT2D eigenvalue weighted by atomic mass is 10.2. The van der Waals surface area contributed by atoms with Crippen LogP contribution in [-0.4, -0.2) is 22.1 Å². The van der Waals surface area contributed by atoms with Gasteiger partial charge in [-0.3, -0.25) is 0 Å². The third kappa shape index (κ3) is 5.25. The minimum absolute atomic E-state index is 0.00573. The lowest BCUT2D eigenvalue weighted by Gasteiger charge is -2.11. The van der Waals surface area contributed by atoms with Crippen LogP contribution in [0.3, 0.4) is 0 Å². The molecule has 0 saturated heterocycles. The first-order chi connectivity index (χ1) is 12.9. The minimum Gasteiger partial charge on any atom is -0.493 e. The monoisotopic (exact) mass is 405 g/mol. The maximum Gasteiger partial charge on any atom is 0.216 e. The van der Waals surface area contributed by atoms with E-state index >= 15 is 0 Å². The smallest absolute Gasteiger partial charge is 0.216 e. The Kier molecular flexibility index (Phi) is 7.28. The highest BCUT2D eigenvalue weighted by Gasteiger charge is 2.21. The van der Waals surface area contributed by atoms with E-state index in [4.69, 9.17) is 21.1 Å². The fourth-order valence-corrected chi connectivity index (χ4v) is 3.57. The second-order valence-electron chi connectivity index (χ2n) is 5.69. The van der Waals surface area contributed by atoms with Gasteiger partial charge in [-0.25, -0.2) is 8.42 Å². The fraction of sp³-hybridized carbons (Fsp3) is 0.250. The Balaban J connectivity index is 2.37. The Morgan fingerprint density at radius 2 is 1.89 bits per heavy atom. The third-order valence-corrected chi connectivity index (χ3v) is 5.70. The second-order valence-corrected chi connectivity index (χ2v) is 8.04. The topological polar surface area (TPSA) is 76.4 Å². The van der Waals surface area contributed by atoms with Gasteiger partial charge in [0.05, 0.1) is 18.6 Å². The van der Waals surface area contributed by atoms with Crippen molar-refractivity contribution in [1.82, 2.24) is 0 Å². The summed E-state index contributed by atoms with van der Waals surface area (Å²) < 4.78 is 36.3. The molecule has 0 fully saturated rings. The number of benzene rings is 2. The van der Waals surface area contributed by atoms with Gasteiger partial charge in [0.15, 0.2) is 11.5 Å². The van der Waals surface area contributed by atoms with Gasteiger partial charge in [0.2, 0.25) is 9.84 Å². The van der Waals surface area contributed by atoms with Crippen LogP contribution in [0.25, 0.3) is 6.08 Å². The SMILES string of the molecule is CCCCOc1ccc(/C=C(/C#N)S(=O)(=O)c2ccc(Cl)cc2)cc1OC. The third-order valence-electron chi connectivity index (χ3n) is 3.76. The second kappa shape index (κ2) is 9.45. The zero-order valence-electron chi connectivity index (χ0n) is 15.1. The van der Waals surface area contributed by atoms with E-state index in [0.717, 1.165) is 12.8 Å². The van der Waals surface area contributed by atoms with Crippen molar-refractivity contribution in [2.75, 3.05) is 13.7 Å². The van der Waals surface area contributed by atoms with Crippen LogP contribution in [0.5, 0.6) is 11.5 Å². The van der Waals surface area contributed by atoms with E-state index in [1.54, 1.807) is 24.3 Å². The van der Waals surface area contributed by atoms with Crippen molar-refractivity contribution < 1.29 is 17.9 Å². The van der Waals surface area contributed by atoms with E-state index in [2.05, 4.69) is 6.92 Å². The predicted octanol–water partition coefficient (Wildman–Crippen LogP) is 4.87. The molecule has 27 heavy (non-hydrogen) atoms. The van der Waals surface area contributed by atoms with Crippen molar-refractivity contribution >= 4 is 27.5 Å². The van der Waals surface area contributed by atoms with Crippen molar-refractivity contribution in [3.8, 4) is 17.6 Å². The summed E-state index contributed by atoms with van der Waals surface area (Å²) in [7, 11) is -2.44. The number of nitriles is 1. The van der Waals surface area contributed by atoms with Crippen molar-refractivity contribution in [2.24, 2.45) is 0 Å². The summed E-state index contributed by atoms with van der Waals surface area (Å²) in [5, 5.41) is 9.80. The molecule has 0 spiro atoms. The van der Waals surface area contributed by atoms with Gasteiger partial charge in [-0.15, -0.1) is 0 Å². The maximum atomic E-state index is 12.7. The summed E-state index contributed by atoms with van der Waals surface area (Å²) in [6.07, 6.45) is 3.24. The largest absolute Gasteiger partial charge is 0.493 e. The molecule has 2 aromatic carbocycles. The first kappa shape index (κ1) is 20.8. The Labute approximate surface area is 164 Å². The molecular formula is C20H20ClNO4S. The number of halogens is 1. The summed E-state index contributed by atoms with van der Waals surface area (Å²) in [6.45, 7) is 2.63. The van der Waals surface area contributed by atoms with E-state index in [-0.39, 0.29) is 9.80 Å². The molecular weight excluding hydrogens is 386 g/mol. The summed E-state index contributed by atoms with van der Waals surface area (Å²) in [5.41, 5.74) is 0.517. The molecule has 142 valence electrons. The molecule has 0 aliphatic carbocycles. The lowest BCUT2D eigenvalue weighted by Crippen LogP contribution is -2.03. The molecule has 7 heteroatoms. The highest BCUT2D eigenvalue weighted by Crippen LogP contribution is 2.30. The van der Waals surface area contributed by atoms with Crippen LogP contribution in [0.4, 0.5) is 0 Å². The first-order valence-electron chi connectivity index (χ1n) is 8.35. The molecule has 0 bridgehead atoms. The van der Waals surface area contributed by atoms with Gasteiger partial charge >= 0.3 is 0 Å². The highest BCUT2D eigenvalue weighted by molar-refractivity contribution is 7.95. The summed E-state index contributed by atoms with van der Waals surface area (Å²) >= 11 is 5.80. The zero-order valence-corrected chi connectivity index (χ0v) is 16.7. The molecule has 0 unspecified atom stereocenters. The quantitative estimate of drug-likeness (QED) is 0.462. The Hall–Kier alpha value is -2.49. The fourth-order valence-electron chi connectivity index (χ4n) is 2.28. The summed E-state index contributed by atoms with van der Waals surface area (Å²) in [4.78, 5) is -0.363. The van der Waals surface area contributed by atoms with Crippen molar-refractivity contribution in [3.63, 3.8) is 0 Å². The van der Waals surface area contributed by atoms with Gasteiger partial charge in [-0.05, 0) is 54.5 Å². The number of unbranched alkanes of at least 4 members (excludes halogenated alkanes) is 1. The number of sulfone groups is 1. The normalized spacial score (nSPS) is 11.7. The number of hydrogen-bond donors (Lipinski definition) is 0. The molecule has 0 saturated carbocycles. The van der Waals surface area contributed by atoms with Crippen LogP contribution in [0.15, 0.2) is 52.3 Å². The number of methoxy groups -OCH3 is 1. The standard InChI is InChI=1S/C20H20ClNO4S/c1-3-4-11-26-19-10-5-15(13-20(19)25-2)12-18(14-22)27(23,24)17-8-6-16(21)7-9-17/h5-10,12-13H,3-4,11H2,1-2H3/b18-12-. The van der Waals surface area contributed by atoms with Gasteiger partial charge in [-0.2, -0.15) is 5.26 Å². The molecule has 2 aromatic rings. The Bertz CT molecular complexity index is 960. The molecule has 2 rings (SSSR count). The molecule has 0 aliphatic rings. The molecule has 0 amide bonds. The van der Waals surface area contributed by atoms with Crippen molar-refractivity contribution in [1.29, 1.82) is 5.26 Å². The molecule has 0 aromatic heterocycles. The van der Waals surface area contributed by atoms with Gasteiger partial charge in [-0.1, -0.05) is 31.0 Å². The predicted molar refractivity (Wildman–Crippen MR) is 106 cm³/mol. The number of nitrogens with zero attached hydrogens (tertiary/aromatic N) is 1. The van der Waals surface area contributed by atoms with E-state index in [1.807, 2.05) is 0 Å². The Morgan fingerprint density at radius 3 is 2.48 bits per heavy atom. The minimum atomic E-state index is -3.94.